The van der Waals surface area contributed by atoms with Crippen LogP contribution in [0.25, 0.3) is 17.1 Å². The number of tetrazole rings is 1. The summed E-state index contributed by atoms with van der Waals surface area (Å²) in [5, 5.41) is 11.9. The van der Waals surface area contributed by atoms with E-state index in [2.05, 4.69) is 15.5 Å². The molecule has 0 radical (unpaired) electrons. The molecule has 0 aliphatic rings. The number of nitrogens with two attached hydrogens (primary N) is 1. The summed E-state index contributed by atoms with van der Waals surface area (Å²) in [6, 6.07) is 9.26. The van der Waals surface area contributed by atoms with Crippen molar-refractivity contribution < 1.29 is 4.39 Å². The molecule has 21 heavy (non-hydrogen) atoms. The van der Waals surface area contributed by atoms with Gasteiger partial charge >= 0.3 is 0 Å². The third-order valence-electron chi connectivity index (χ3n) is 2.87. The molecule has 0 aliphatic heterocycles. The van der Waals surface area contributed by atoms with Crippen LogP contribution >= 0.6 is 23.2 Å². The molecule has 1 aromatic heterocycles. The molecule has 3 rings (SSSR count). The molecule has 0 aliphatic carbocycles. The highest BCUT2D eigenvalue weighted by Crippen LogP contribution is 2.29. The van der Waals surface area contributed by atoms with E-state index in [1.807, 2.05) is 0 Å². The number of benzene rings is 2. The van der Waals surface area contributed by atoms with Gasteiger partial charge in [-0.3, -0.25) is 0 Å². The van der Waals surface area contributed by atoms with Crippen LogP contribution in [0.2, 0.25) is 10.0 Å². The van der Waals surface area contributed by atoms with Gasteiger partial charge in [0.25, 0.3) is 0 Å². The van der Waals surface area contributed by atoms with Gasteiger partial charge in [-0.1, -0.05) is 29.3 Å². The second kappa shape index (κ2) is 5.31. The Morgan fingerprint density at radius 2 is 1.90 bits per heavy atom. The van der Waals surface area contributed by atoms with Crippen LogP contribution in [0.1, 0.15) is 0 Å². The highest BCUT2D eigenvalue weighted by atomic mass is 35.5. The normalized spacial score (nSPS) is 10.8. The van der Waals surface area contributed by atoms with Gasteiger partial charge in [-0.2, -0.15) is 4.68 Å². The van der Waals surface area contributed by atoms with Gasteiger partial charge in [0.2, 0.25) is 0 Å². The first-order valence-electron chi connectivity index (χ1n) is 5.86. The lowest BCUT2D eigenvalue weighted by atomic mass is 10.2. The SMILES string of the molecule is Nc1cc(-c2nnnn2-c2c(F)cccc2Cl)ccc1Cl. The van der Waals surface area contributed by atoms with Gasteiger partial charge in [-0.05, 0) is 40.8 Å². The second-order valence-electron chi connectivity index (χ2n) is 4.22. The van der Waals surface area contributed by atoms with Gasteiger partial charge in [-0.15, -0.1) is 5.10 Å². The zero-order valence-corrected chi connectivity index (χ0v) is 12.0. The molecule has 0 amide bonds. The van der Waals surface area contributed by atoms with Crippen LogP contribution in [0.3, 0.4) is 0 Å². The summed E-state index contributed by atoms with van der Waals surface area (Å²) < 4.78 is 15.2. The number of anilines is 1. The van der Waals surface area contributed by atoms with Crippen LogP contribution in [-0.4, -0.2) is 20.2 Å². The monoisotopic (exact) mass is 323 g/mol. The minimum Gasteiger partial charge on any atom is -0.398 e. The van der Waals surface area contributed by atoms with Crippen LogP contribution < -0.4 is 5.73 Å². The standard InChI is InChI=1S/C13H8Cl2FN5/c14-8-5-4-7(6-11(8)17)13-18-19-20-21(13)12-9(15)2-1-3-10(12)16/h1-6H,17H2. The minimum absolute atomic E-state index is 0.0766. The van der Waals surface area contributed by atoms with Crippen molar-refractivity contribution in [2.45, 2.75) is 0 Å². The Balaban J connectivity index is 2.20. The largest absolute Gasteiger partial charge is 0.398 e. The molecule has 3 aromatic rings. The topological polar surface area (TPSA) is 69.6 Å². The molecule has 0 saturated heterocycles. The van der Waals surface area contributed by atoms with E-state index in [0.717, 1.165) is 0 Å². The van der Waals surface area contributed by atoms with Crippen molar-refractivity contribution in [3.63, 3.8) is 0 Å². The van der Waals surface area contributed by atoms with E-state index >= 15 is 0 Å². The van der Waals surface area contributed by atoms with Crippen molar-refractivity contribution in [1.82, 2.24) is 20.2 Å². The van der Waals surface area contributed by atoms with E-state index in [4.69, 9.17) is 28.9 Å². The summed E-state index contributed by atoms with van der Waals surface area (Å²) in [6.45, 7) is 0. The lowest BCUT2D eigenvalue weighted by Gasteiger charge is -2.08. The second-order valence-corrected chi connectivity index (χ2v) is 5.04. The zero-order valence-electron chi connectivity index (χ0n) is 10.5. The van der Waals surface area contributed by atoms with E-state index in [1.54, 1.807) is 24.3 Å². The average Bonchev–Trinajstić information content (AvgIpc) is 2.91. The maximum absolute atomic E-state index is 14.0. The molecular formula is C13H8Cl2FN5. The first-order chi connectivity index (χ1) is 10.1. The number of aromatic nitrogens is 4. The summed E-state index contributed by atoms with van der Waals surface area (Å²) in [4.78, 5) is 0. The summed E-state index contributed by atoms with van der Waals surface area (Å²) in [5.74, 6) is -0.219. The van der Waals surface area contributed by atoms with Crippen molar-refractivity contribution in [1.29, 1.82) is 0 Å². The maximum Gasteiger partial charge on any atom is 0.187 e. The molecule has 1 heterocycles. The molecule has 0 fully saturated rings. The number of nitrogens with zero attached hydrogens (tertiary/aromatic N) is 4. The zero-order chi connectivity index (χ0) is 15.0. The molecule has 0 unspecified atom stereocenters. The van der Waals surface area contributed by atoms with Crippen molar-refractivity contribution >= 4 is 28.9 Å². The third kappa shape index (κ3) is 2.43. The van der Waals surface area contributed by atoms with Gasteiger partial charge in [0, 0.05) is 5.56 Å². The smallest absolute Gasteiger partial charge is 0.187 e. The molecule has 2 N–H and O–H groups in total. The Labute approximate surface area is 129 Å². The van der Waals surface area contributed by atoms with E-state index in [-0.39, 0.29) is 10.7 Å². The van der Waals surface area contributed by atoms with Crippen LogP contribution in [0.5, 0.6) is 0 Å². The molecule has 0 saturated carbocycles. The van der Waals surface area contributed by atoms with Crippen LogP contribution in [0.15, 0.2) is 36.4 Å². The van der Waals surface area contributed by atoms with Gasteiger partial charge in [0.15, 0.2) is 11.6 Å². The van der Waals surface area contributed by atoms with Gasteiger partial charge in [0.1, 0.15) is 5.69 Å². The number of nitrogen functional groups attached to an aromatic ring is 1. The van der Waals surface area contributed by atoms with E-state index in [0.29, 0.717) is 22.1 Å². The number of hydrogen-bond acceptors (Lipinski definition) is 4. The first kappa shape index (κ1) is 13.8. The lowest BCUT2D eigenvalue weighted by molar-refractivity contribution is 0.608. The van der Waals surface area contributed by atoms with Crippen molar-refractivity contribution in [3.05, 3.63) is 52.3 Å². The Bertz CT molecular complexity index is 798. The number of halogens is 3. The van der Waals surface area contributed by atoms with Crippen LogP contribution in [0, 0.1) is 5.82 Å². The average molecular weight is 324 g/mol. The Morgan fingerprint density at radius 3 is 2.62 bits per heavy atom. The number of hydrogen-bond donors (Lipinski definition) is 1. The Kier molecular flexibility index (Phi) is 3.48. The van der Waals surface area contributed by atoms with Crippen molar-refractivity contribution in [2.75, 3.05) is 5.73 Å². The summed E-state index contributed by atoms with van der Waals surface area (Å²) in [5.41, 5.74) is 6.82. The molecule has 5 nitrogen and oxygen atoms in total. The summed E-state index contributed by atoms with van der Waals surface area (Å²) in [7, 11) is 0. The molecule has 0 atom stereocenters. The van der Waals surface area contributed by atoms with Gasteiger partial charge < -0.3 is 5.73 Å². The predicted octanol–water partition coefficient (Wildman–Crippen LogP) is 3.36. The first-order valence-corrected chi connectivity index (χ1v) is 6.61. The molecular weight excluding hydrogens is 316 g/mol. The molecule has 8 heteroatoms. The number of para-hydroxylation sites is 1. The van der Waals surface area contributed by atoms with Gasteiger partial charge in [-0.25, -0.2) is 4.39 Å². The molecule has 0 spiro atoms. The lowest BCUT2D eigenvalue weighted by Crippen LogP contribution is -2.04. The highest BCUT2D eigenvalue weighted by molar-refractivity contribution is 6.33. The Morgan fingerprint density at radius 1 is 1.10 bits per heavy atom. The molecule has 106 valence electrons. The van der Waals surface area contributed by atoms with E-state index in [1.165, 1.54) is 16.8 Å². The van der Waals surface area contributed by atoms with Gasteiger partial charge in [0.05, 0.1) is 15.7 Å². The Hall–Kier alpha value is -2.18. The van der Waals surface area contributed by atoms with Crippen molar-refractivity contribution in [3.8, 4) is 17.1 Å². The summed E-state index contributed by atoms with van der Waals surface area (Å²) >= 11 is 11.9. The van der Waals surface area contributed by atoms with Crippen LogP contribution in [0.4, 0.5) is 10.1 Å². The fourth-order valence-electron chi connectivity index (χ4n) is 1.89. The highest BCUT2D eigenvalue weighted by Gasteiger charge is 2.17. The van der Waals surface area contributed by atoms with Crippen molar-refractivity contribution in [2.24, 2.45) is 0 Å². The third-order valence-corrected chi connectivity index (χ3v) is 3.52. The fraction of sp³-hybridized carbons (Fsp3) is 0. The van der Waals surface area contributed by atoms with E-state index < -0.39 is 5.82 Å². The maximum atomic E-state index is 14.0. The molecule has 2 aromatic carbocycles. The van der Waals surface area contributed by atoms with E-state index in [9.17, 15) is 4.39 Å². The molecule has 0 bridgehead atoms. The minimum atomic E-state index is -0.530. The fourth-order valence-corrected chi connectivity index (χ4v) is 2.25. The quantitative estimate of drug-likeness (QED) is 0.734. The summed E-state index contributed by atoms with van der Waals surface area (Å²) in [6.07, 6.45) is 0. The van der Waals surface area contributed by atoms with Crippen LogP contribution in [-0.2, 0) is 0 Å². The predicted molar refractivity (Wildman–Crippen MR) is 79.0 cm³/mol. The number of rotatable bonds is 2.